The lowest BCUT2D eigenvalue weighted by Crippen LogP contribution is -2.28. The van der Waals surface area contributed by atoms with E-state index in [0.717, 1.165) is 13.1 Å². The number of likely N-dealkylation sites (N-methyl/N-ethyl adjacent to an activating group) is 1. The maximum absolute atomic E-state index is 10.5. The second kappa shape index (κ2) is 16.3. The lowest BCUT2D eigenvalue weighted by molar-refractivity contribution is 0.0108. The van der Waals surface area contributed by atoms with E-state index in [4.69, 9.17) is 19.3 Å². The molecule has 24 heavy (non-hydrogen) atoms. The molecule has 0 bridgehead atoms. The van der Waals surface area contributed by atoms with Crippen LogP contribution in [0, 0.1) is 5.92 Å². The SMILES string of the molecule is CSSN(CCOCCOCCOCCN(C)C(=O)O)CC(C)C. The summed E-state index contributed by atoms with van der Waals surface area (Å²) in [5, 5.41) is 8.66. The lowest BCUT2D eigenvalue weighted by atomic mass is 10.2. The van der Waals surface area contributed by atoms with Gasteiger partial charge in [0.05, 0.1) is 39.6 Å². The summed E-state index contributed by atoms with van der Waals surface area (Å²) in [6.45, 7) is 9.88. The van der Waals surface area contributed by atoms with Crippen LogP contribution in [0.1, 0.15) is 13.8 Å². The molecule has 0 aliphatic rings. The number of amides is 1. The average Bonchev–Trinajstić information content (AvgIpc) is 2.51. The third-order valence-corrected chi connectivity index (χ3v) is 4.65. The molecule has 1 N–H and O–H groups in total. The topological polar surface area (TPSA) is 71.5 Å². The van der Waals surface area contributed by atoms with E-state index in [2.05, 4.69) is 24.4 Å². The molecule has 0 atom stereocenters. The molecule has 0 aromatic rings. The summed E-state index contributed by atoms with van der Waals surface area (Å²) in [6, 6.07) is 0. The Kier molecular flexibility index (Phi) is 16.2. The van der Waals surface area contributed by atoms with Gasteiger partial charge < -0.3 is 24.2 Å². The molecular weight excluding hydrogens is 352 g/mol. The van der Waals surface area contributed by atoms with Crippen LogP contribution < -0.4 is 0 Å². The summed E-state index contributed by atoms with van der Waals surface area (Å²) in [4.78, 5) is 11.7. The van der Waals surface area contributed by atoms with Crippen molar-refractivity contribution in [1.82, 2.24) is 9.21 Å². The Balaban J connectivity index is 3.36. The van der Waals surface area contributed by atoms with Crippen molar-refractivity contribution >= 4 is 27.9 Å². The summed E-state index contributed by atoms with van der Waals surface area (Å²) in [5.41, 5.74) is 0. The van der Waals surface area contributed by atoms with Gasteiger partial charge in [-0.1, -0.05) is 24.6 Å². The Hall–Kier alpha value is -0.190. The van der Waals surface area contributed by atoms with E-state index in [9.17, 15) is 4.79 Å². The van der Waals surface area contributed by atoms with Crippen molar-refractivity contribution in [1.29, 1.82) is 0 Å². The monoisotopic (exact) mass is 384 g/mol. The van der Waals surface area contributed by atoms with Crippen molar-refractivity contribution in [2.45, 2.75) is 13.8 Å². The summed E-state index contributed by atoms with van der Waals surface area (Å²) in [7, 11) is 5.03. The van der Waals surface area contributed by atoms with E-state index < -0.39 is 6.09 Å². The smallest absolute Gasteiger partial charge is 0.407 e. The number of hydrogen-bond donors (Lipinski definition) is 1. The summed E-state index contributed by atoms with van der Waals surface area (Å²) < 4.78 is 18.6. The van der Waals surface area contributed by atoms with Crippen LogP contribution in [-0.2, 0) is 14.2 Å². The molecule has 0 rings (SSSR count). The molecule has 0 spiro atoms. The largest absolute Gasteiger partial charge is 0.465 e. The average molecular weight is 385 g/mol. The number of carbonyl (C=O) groups is 1. The first kappa shape index (κ1) is 23.8. The number of hydrogen-bond acceptors (Lipinski definition) is 7. The minimum Gasteiger partial charge on any atom is -0.465 e. The van der Waals surface area contributed by atoms with Crippen LogP contribution in [0.15, 0.2) is 0 Å². The zero-order chi connectivity index (χ0) is 18.2. The van der Waals surface area contributed by atoms with Gasteiger partial charge >= 0.3 is 6.09 Å². The van der Waals surface area contributed by atoms with Crippen LogP contribution in [0.5, 0.6) is 0 Å². The first-order valence-corrected chi connectivity index (χ1v) is 10.6. The zero-order valence-electron chi connectivity index (χ0n) is 15.2. The highest BCUT2D eigenvalue weighted by Crippen LogP contribution is 2.23. The quantitative estimate of drug-likeness (QED) is 0.247. The molecule has 0 fully saturated rings. The van der Waals surface area contributed by atoms with Crippen LogP contribution in [-0.4, -0.2) is 93.0 Å². The molecule has 0 saturated carbocycles. The molecule has 0 aliphatic carbocycles. The van der Waals surface area contributed by atoms with Crippen molar-refractivity contribution < 1.29 is 24.1 Å². The fourth-order valence-electron chi connectivity index (χ4n) is 1.68. The highest BCUT2D eigenvalue weighted by Gasteiger charge is 2.07. The van der Waals surface area contributed by atoms with Crippen molar-refractivity contribution in [2.75, 3.05) is 72.6 Å². The van der Waals surface area contributed by atoms with Gasteiger partial charge in [-0.05, 0) is 23.2 Å². The standard InChI is InChI=1S/C15H32N2O5S2/c1-14(2)13-17(24-23-4)6-8-21-10-12-22-11-9-20-7-5-16(3)15(18)19/h14H,5-13H2,1-4H3,(H,18,19). The van der Waals surface area contributed by atoms with Crippen molar-refractivity contribution in [3.8, 4) is 0 Å². The first-order chi connectivity index (χ1) is 11.5. The van der Waals surface area contributed by atoms with Gasteiger partial charge in [0.2, 0.25) is 0 Å². The molecule has 0 saturated heterocycles. The maximum atomic E-state index is 10.5. The Labute approximate surface area is 153 Å². The predicted molar refractivity (Wildman–Crippen MR) is 101 cm³/mol. The van der Waals surface area contributed by atoms with Crippen LogP contribution in [0.4, 0.5) is 4.79 Å². The molecule has 0 unspecified atom stereocenters. The van der Waals surface area contributed by atoms with Gasteiger partial charge in [-0.2, -0.15) is 0 Å². The van der Waals surface area contributed by atoms with Gasteiger partial charge in [0.1, 0.15) is 0 Å². The Morgan fingerprint density at radius 3 is 1.96 bits per heavy atom. The third kappa shape index (κ3) is 15.3. The number of carboxylic acid groups (broad SMARTS) is 1. The van der Waals surface area contributed by atoms with E-state index in [0.29, 0.717) is 52.1 Å². The summed E-state index contributed by atoms with van der Waals surface area (Å²) >= 11 is 0. The molecule has 7 nitrogen and oxygen atoms in total. The maximum Gasteiger partial charge on any atom is 0.407 e. The van der Waals surface area contributed by atoms with E-state index in [1.807, 2.05) is 0 Å². The second-order valence-corrected chi connectivity index (χ2v) is 8.01. The molecule has 0 aliphatic heterocycles. The molecule has 144 valence electrons. The van der Waals surface area contributed by atoms with Crippen molar-refractivity contribution in [3.05, 3.63) is 0 Å². The predicted octanol–water partition coefficient (Wildman–Crippen LogP) is 2.53. The number of ether oxygens (including phenoxy) is 3. The molecule has 1 amide bonds. The van der Waals surface area contributed by atoms with Crippen LogP contribution in [0.25, 0.3) is 0 Å². The van der Waals surface area contributed by atoms with E-state index in [-0.39, 0.29) is 0 Å². The second-order valence-electron chi connectivity index (χ2n) is 5.56. The minimum atomic E-state index is -0.949. The zero-order valence-corrected chi connectivity index (χ0v) is 16.9. The normalized spacial score (nSPS) is 11.4. The Bertz CT molecular complexity index is 312. The fourth-order valence-corrected chi connectivity index (χ4v) is 3.43. The molecule has 0 heterocycles. The highest BCUT2D eigenvalue weighted by molar-refractivity contribution is 8.75. The third-order valence-electron chi connectivity index (χ3n) is 2.88. The fraction of sp³-hybridized carbons (Fsp3) is 0.933. The van der Waals surface area contributed by atoms with Crippen molar-refractivity contribution in [2.24, 2.45) is 5.92 Å². The van der Waals surface area contributed by atoms with Crippen LogP contribution in [0.3, 0.4) is 0 Å². The van der Waals surface area contributed by atoms with Gasteiger partial charge in [-0.15, -0.1) is 0 Å². The molecular formula is C15H32N2O5S2. The van der Waals surface area contributed by atoms with Crippen molar-refractivity contribution in [3.63, 3.8) is 0 Å². The van der Waals surface area contributed by atoms with E-state index in [1.54, 1.807) is 21.8 Å². The highest BCUT2D eigenvalue weighted by atomic mass is 33.1. The Morgan fingerprint density at radius 2 is 1.50 bits per heavy atom. The summed E-state index contributed by atoms with van der Waals surface area (Å²) in [6.07, 6.45) is 1.13. The van der Waals surface area contributed by atoms with Gasteiger partial charge in [-0.3, -0.25) is 0 Å². The minimum absolute atomic E-state index is 0.360. The van der Waals surface area contributed by atoms with Gasteiger partial charge in [0.15, 0.2) is 0 Å². The molecule has 0 aromatic heterocycles. The number of nitrogens with zero attached hydrogens (tertiary/aromatic N) is 2. The van der Waals surface area contributed by atoms with Crippen LogP contribution >= 0.6 is 21.8 Å². The summed E-state index contributed by atoms with van der Waals surface area (Å²) in [5.74, 6) is 0.642. The number of rotatable bonds is 16. The van der Waals surface area contributed by atoms with Gasteiger partial charge in [-0.25, -0.2) is 9.10 Å². The molecule has 9 heteroatoms. The van der Waals surface area contributed by atoms with E-state index >= 15 is 0 Å². The first-order valence-electron chi connectivity index (χ1n) is 8.10. The van der Waals surface area contributed by atoms with Gasteiger partial charge in [0.25, 0.3) is 0 Å². The van der Waals surface area contributed by atoms with E-state index in [1.165, 1.54) is 11.9 Å². The Morgan fingerprint density at radius 1 is 1.00 bits per heavy atom. The molecule has 0 radical (unpaired) electrons. The molecule has 0 aromatic carbocycles. The van der Waals surface area contributed by atoms with Crippen LogP contribution in [0.2, 0.25) is 0 Å². The lowest BCUT2D eigenvalue weighted by Gasteiger charge is -2.21. The van der Waals surface area contributed by atoms with Gasteiger partial charge in [0, 0.05) is 26.7 Å².